The second-order valence-corrected chi connectivity index (χ2v) is 6.86. The fourth-order valence-corrected chi connectivity index (χ4v) is 3.39. The van der Waals surface area contributed by atoms with Crippen LogP contribution in [0.2, 0.25) is 0 Å². The Morgan fingerprint density at radius 1 is 1.12 bits per heavy atom. The molecule has 0 aliphatic carbocycles. The van der Waals surface area contributed by atoms with Crippen LogP contribution >= 0.6 is 0 Å². The maximum absolute atomic E-state index is 12.2. The number of benzene rings is 1. The fraction of sp³-hybridized carbons (Fsp3) is 0.556. The molecule has 1 aromatic rings. The van der Waals surface area contributed by atoms with E-state index in [4.69, 9.17) is 0 Å². The van der Waals surface area contributed by atoms with E-state index in [2.05, 4.69) is 22.6 Å². The van der Waals surface area contributed by atoms with E-state index in [-0.39, 0.29) is 24.0 Å². The number of amides is 3. The van der Waals surface area contributed by atoms with Gasteiger partial charge in [-0.15, -0.1) is 0 Å². The molecule has 3 amide bonds. The van der Waals surface area contributed by atoms with Crippen LogP contribution in [-0.4, -0.2) is 60.5 Å². The summed E-state index contributed by atoms with van der Waals surface area (Å²) in [5.74, 6) is 0.100. The van der Waals surface area contributed by atoms with Gasteiger partial charge >= 0.3 is 6.03 Å². The van der Waals surface area contributed by atoms with Gasteiger partial charge in [0.25, 0.3) is 0 Å². The summed E-state index contributed by atoms with van der Waals surface area (Å²) in [7, 11) is 2.10. The summed E-state index contributed by atoms with van der Waals surface area (Å²) in [6.07, 6.45) is 2.34. The third-order valence-corrected chi connectivity index (χ3v) is 4.82. The average Bonchev–Trinajstić information content (AvgIpc) is 2.90. The van der Waals surface area contributed by atoms with Gasteiger partial charge in [-0.1, -0.05) is 30.3 Å². The molecular weight excluding hydrogens is 304 g/mol. The SMILES string of the molecule is CN1CCC(NC(=O)N[C@@H]2CC(=O)N(Cc3ccccc3)C2)CC1. The van der Waals surface area contributed by atoms with Crippen LogP contribution in [0, 0.1) is 0 Å². The van der Waals surface area contributed by atoms with E-state index in [1.165, 1.54) is 0 Å². The smallest absolute Gasteiger partial charge is 0.315 e. The molecule has 0 bridgehead atoms. The summed E-state index contributed by atoms with van der Waals surface area (Å²) in [5, 5.41) is 6.00. The highest BCUT2D eigenvalue weighted by Gasteiger charge is 2.31. The monoisotopic (exact) mass is 330 g/mol. The van der Waals surface area contributed by atoms with Crippen LogP contribution in [0.1, 0.15) is 24.8 Å². The lowest BCUT2D eigenvalue weighted by atomic mass is 10.1. The second-order valence-electron chi connectivity index (χ2n) is 6.86. The van der Waals surface area contributed by atoms with Crippen molar-refractivity contribution in [2.45, 2.75) is 37.9 Å². The lowest BCUT2D eigenvalue weighted by molar-refractivity contribution is -0.128. The van der Waals surface area contributed by atoms with E-state index in [0.29, 0.717) is 19.5 Å². The van der Waals surface area contributed by atoms with Gasteiger partial charge in [0.15, 0.2) is 0 Å². The van der Waals surface area contributed by atoms with Crippen molar-refractivity contribution >= 4 is 11.9 Å². The van der Waals surface area contributed by atoms with Crippen molar-refractivity contribution < 1.29 is 9.59 Å². The highest BCUT2D eigenvalue weighted by atomic mass is 16.2. The van der Waals surface area contributed by atoms with Crippen LogP contribution in [0.3, 0.4) is 0 Å². The van der Waals surface area contributed by atoms with E-state index in [1.807, 2.05) is 35.2 Å². The largest absolute Gasteiger partial charge is 0.336 e. The Labute approximate surface area is 143 Å². The van der Waals surface area contributed by atoms with Crippen LogP contribution in [0.4, 0.5) is 4.79 Å². The van der Waals surface area contributed by atoms with Crippen LogP contribution in [-0.2, 0) is 11.3 Å². The first-order chi connectivity index (χ1) is 11.6. The lowest BCUT2D eigenvalue weighted by Gasteiger charge is -2.29. The van der Waals surface area contributed by atoms with Crippen LogP contribution < -0.4 is 10.6 Å². The quantitative estimate of drug-likeness (QED) is 0.871. The molecule has 2 aliphatic rings. The summed E-state index contributed by atoms with van der Waals surface area (Å²) in [4.78, 5) is 28.4. The molecule has 6 heteroatoms. The summed E-state index contributed by atoms with van der Waals surface area (Å²) in [6, 6.07) is 9.92. The van der Waals surface area contributed by atoms with E-state index in [9.17, 15) is 9.59 Å². The molecular formula is C18H26N4O2. The Morgan fingerprint density at radius 2 is 1.79 bits per heavy atom. The van der Waals surface area contributed by atoms with E-state index in [1.54, 1.807) is 0 Å². The Kier molecular flexibility index (Phi) is 5.35. The predicted molar refractivity (Wildman–Crippen MR) is 92.5 cm³/mol. The van der Waals surface area contributed by atoms with Crippen LogP contribution in [0.25, 0.3) is 0 Å². The standard InChI is InChI=1S/C18H26N4O2/c1-21-9-7-15(8-10-21)19-18(24)20-16-11-17(23)22(13-16)12-14-5-3-2-4-6-14/h2-6,15-16H,7-13H2,1H3,(H2,19,20,24)/t16-/m1/s1. The molecule has 130 valence electrons. The van der Waals surface area contributed by atoms with Gasteiger partial charge in [-0.25, -0.2) is 4.79 Å². The average molecular weight is 330 g/mol. The molecule has 2 fully saturated rings. The number of rotatable bonds is 4. The molecule has 24 heavy (non-hydrogen) atoms. The summed E-state index contributed by atoms with van der Waals surface area (Å²) in [5.41, 5.74) is 1.11. The number of hydrogen-bond donors (Lipinski definition) is 2. The molecule has 0 spiro atoms. The van der Waals surface area contributed by atoms with Gasteiger partial charge in [0.1, 0.15) is 0 Å². The molecule has 6 nitrogen and oxygen atoms in total. The van der Waals surface area contributed by atoms with Crippen molar-refractivity contribution in [1.29, 1.82) is 0 Å². The minimum atomic E-state index is -0.149. The molecule has 2 saturated heterocycles. The molecule has 0 saturated carbocycles. The van der Waals surface area contributed by atoms with Gasteiger partial charge in [0.05, 0.1) is 6.04 Å². The molecule has 2 heterocycles. The van der Waals surface area contributed by atoms with Crippen LogP contribution in [0.15, 0.2) is 30.3 Å². The van der Waals surface area contributed by atoms with Crippen molar-refractivity contribution in [2.75, 3.05) is 26.7 Å². The molecule has 1 aromatic carbocycles. The van der Waals surface area contributed by atoms with E-state index < -0.39 is 0 Å². The van der Waals surface area contributed by atoms with Crippen molar-refractivity contribution in [1.82, 2.24) is 20.4 Å². The first kappa shape index (κ1) is 16.8. The first-order valence-electron chi connectivity index (χ1n) is 8.67. The molecule has 1 atom stereocenters. The summed E-state index contributed by atoms with van der Waals surface area (Å²) < 4.78 is 0. The Bertz CT molecular complexity index is 570. The van der Waals surface area contributed by atoms with E-state index >= 15 is 0 Å². The highest BCUT2D eigenvalue weighted by molar-refractivity contribution is 5.81. The maximum Gasteiger partial charge on any atom is 0.315 e. The van der Waals surface area contributed by atoms with Gasteiger partial charge in [-0.2, -0.15) is 0 Å². The Morgan fingerprint density at radius 3 is 2.50 bits per heavy atom. The predicted octanol–water partition coefficient (Wildman–Crippen LogP) is 1.18. The van der Waals surface area contributed by atoms with Crippen molar-refractivity contribution in [2.24, 2.45) is 0 Å². The number of nitrogens with zero attached hydrogens (tertiary/aromatic N) is 2. The van der Waals surface area contributed by atoms with Crippen molar-refractivity contribution in [3.05, 3.63) is 35.9 Å². The zero-order chi connectivity index (χ0) is 16.9. The molecule has 3 rings (SSSR count). The van der Waals surface area contributed by atoms with Crippen LogP contribution in [0.5, 0.6) is 0 Å². The summed E-state index contributed by atoms with van der Waals surface area (Å²) >= 11 is 0. The summed E-state index contributed by atoms with van der Waals surface area (Å²) in [6.45, 7) is 3.21. The Balaban J connectivity index is 1.44. The zero-order valence-electron chi connectivity index (χ0n) is 14.2. The maximum atomic E-state index is 12.2. The third kappa shape index (κ3) is 4.47. The second kappa shape index (κ2) is 7.66. The van der Waals surface area contributed by atoms with Gasteiger partial charge in [-0.3, -0.25) is 4.79 Å². The van der Waals surface area contributed by atoms with Gasteiger partial charge < -0.3 is 20.4 Å². The first-order valence-corrected chi connectivity index (χ1v) is 8.67. The number of likely N-dealkylation sites (tertiary alicyclic amines) is 2. The van der Waals surface area contributed by atoms with Gasteiger partial charge in [0, 0.05) is 25.6 Å². The number of carbonyl (C=O) groups excluding carboxylic acids is 2. The zero-order valence-corrected chi connectivity index (χ0v) is 14.2. The number of piperidine rings is 1. The fourth-order valence-electron chi connectivity index (χ4n) is 3.39. The highest BCUT2D eigenvalue weighted by Crippen LogP contribution is 2.15. The normalized spacial score (nSPS) is 22.6. The van der Waals surface area contributed by atoms with Crippen molar-refractivity contribution in [3.8, 4) is 0 Å². The van der Waals surface area contributed by atoms with E-state index in [0.717, 1.165) is 31.5 Å². The molecule has 2 N–H and O–H groups in total. The number of urea groups is 1. The Hall–Kier alpha value is -2.08. The minimum absolute atomic E-state index is 0.100. The minimum Gasteiger partial charge on any atom is -0.336 e. The molecule has 0 radical (unpaired) electrons. The van der Waals surface area contributed by atoms with Gasteiger partial charge in [-0.05, 0) is 38.5 Å². The number of hydrogen-bond acceptors (Lipinski definition) is 3. The lowest BCUT2D eigenvalue weighted by Crippen LogP contribution is -2.50. The van der Waals surface area contributed by atoms with Gasteiger partial charge in [0.2, 0.25) is 5.91 Å². The molecule has 0 aromatic heterocycles. The topological polar surface area (TPSA) is 64.7 Å². The molecule has 2 aliphatic heterocycles. The number of nitrogens with one attached hydrogen (secondary N) is 2. The molecule has 0 unspecified atom stereocenters. The third-order valence-electron chi connectivity index (χ3n) is 4.82. The number of carbonyl (C=O) groups is 2. The van der Waals surface area contributed by atoms with Crippen molar-refractivity contribution in [3.63, 3.8) is 0 Å².